The van der Waals surface area contributed by atoms with Crippen molar-refractivity contribution < 1.29 is 0 Å². The molecule has 0 radical (unpaired) electrons. The maximum atomic E-state index is 5.25. The molecule has 0 saturated carbocycles. The van der Waals surface area contributed by atoms with E-state index in [0.717, 1.165) is 33.8 Å². The number of benzene rings is 7. The molecule has 4 heteroatoms. The fourth-order valence-corrected chi connectivity index (χ4v) is 13.6. The van der Waals surface area contributed by atoms with E-state index < -0.39 is 8.07 Å². The minimum absolute atomic E-state index is 0.713. The van der Waals surface area contributed by atoms with Gasteiger partial charge in [-0.05, 0) is 62.7 Å². The zero-order chi connectivity index (χ0) is 34.5. The summed E-state index contributed by atoms with van der Waals surface area (Å²) in [6.45, 7) is 0. The van der Waals surface area contributed by atoms with E-state index in [4.69, 9.17) is 9.97 Å². The topological polar surface area (TPSA) is 30.7 Å². The molecule has 2 aromatic heterocycles. The molecule has 0 N–H and O–H groups in total. The Bertz CT molecular complexity index is 2610. The third kappa shape index (κ3) is 4.65. The molecule has 0 saturated heterocycles. The number of para-hydroxylation sites is 1. The Balaban J connectivity index is 1.32. The summed E-state index contributed by atoms with van der Waals surface area (Å²) in [5.41, 5.74) is 9.84. The van der Waals surface area contributed by atoms with Crippen molar-refractivity contribution in [3.63, 3.8) is 0 Å². The van der Waals surface area contributed by atoms with E-state index >= 15 is 0 Å². The molecule has 0 spiro atoms. The number of nitrogens with zero attached hydrogens (tertiary/aromatic N) is 3. The first kappa shape index (κ1) is 30.2. The first-order valence-electron chi connectivity index (χ1n) is 17.8. The molecule has 1 aliphatic heterocycles. The highest BCUT2D eigenvalue weighted by molar-refractivity contribution is 7.23. The van der Waals surface area contributed by atoms with Gasteiger partial charge in [0.25, 0.3) is 0 Å². The summed E-state index contributed by atoms with van der Waals surface area (Å²) in [6.07, 6.45) is 0. The summed E-state index contributed by atoms with van der Waals surface area (Å²) in [4.78, 5) is 10.5. The van der Waals surface area contributed by atoms with Crippen molar-refractivity contribution in [3.05, 3.63) is 200 Å². The zero-order valence-corrected chi connectivity index (χ0v) is 29.4. The fourth-order valence-electron chi connectivity index (χ4n) is 8.29. The monoisotopic (exact) mass is 679 g/mol. The maximum absolute atomic E-state index is 5.25. The third-order valence-electron chi connectivity index (χ3n) is 10.5. The minimum atomic E-state index is -2.81. The van der Waals surface area contributed by atoms with Crippen LogP contribution in [0.25, 0.3) is 61.8 Å². The van der Waals surface area contributed by atoms with E-state index in [1.165, 1.54) is 42.9 Å². The molecule has 9 aromatic rings. The van der Waals surface area contributed by atoms with Gasteiger partial charge in [0, 0.05) is 27.8 Å². The largest absolute Gasteiger partial charge is 0.309 e. The molecule has 52 heavy (non-hydrogen) atoms. The number of hydrogen-bond acceptors (Lipinski definition) is 2. The number of hydrogen-bond donors (Lipinski definition) is 0. The molecule has 10 rings (SSSR count). The normalized spacial score (nSPS) is 12.8. The Labute approximate surface area is 304 Å². The van der Waals surface area contributed by atoms with Gasteiger partial charge in [0.1, 0.15) is 0 Å². The quantitative estimate of drug-likeness (QED) is 0.165. The molecule has 0 aliphatic carbocycles. The molecular formula is C48H33N3Si. The van der Waals surface area contributed by atoms with Crippen LogP contribution in [-0.2, 0) is 0 Å². The standard InChI is InChI=1S/C48H33N3Si/c1-6-18-34(19-7-1)42-33-43(35-20-8-2-9-21-35)50-48(49-42)36-30-31-44-41(32-36)47-46(51(44)37-22-10-3-11-23-37)40-28-16-17-29-45(40)52(47,38-24-12-4-13-25-38)39-26-14-5-15-27-39/h1-33H. The van der Waals surface area contributed by atoms with Gasteiger partial charge in [-0.25, -0.2) is 9.97 Å². The van der Waals surface area contributed by atoms with Crippen LogP contribution in [0.2, 0.25) is 0 Å². The van der Waals surface area contributed by atoms with Crippen molar-refractivity contribution in [1.29, 1.82) is 0 Å². The van der Waals surface area contributed by atoms with Crippen LogP contribution in [0.15, 0.2) is 200 Å². The van der Waals surface area contributed by atoms with Gasteiger partial charge in [0.15, 0.2) is 13.9 Å². The first-order chi connectivity index (χ1) is 25.8. The van der Waals surface area contributed by atoms with Crippen molar-refractivity contribution >= 4 is 39.7 Å². The highest BCUT2D eigenvalue weighted by atomic mass is 28.3. The van der Waals surface area contributed by atoms with Gasteiger partial charge in [0.05, 0.1) is 22.6 Å². The van der Waals surface area contributed by atoms with Gasteiger partial charge in [0.2, 0.25) is 0 Å². The summed E-state index contributed by atoms with van der Waals surface area (Å²) in [5, 5.41) is 6.82. The van der Waals surface area contributed by atoms with Crippen LogP contribution in [0.5, 0.6) is 0 Å². The Morgan fingerprint density at radius 2 is 0.923 bits per heavy atom. The average Bonchev–Trinajstić information content (AvgIpc) is 3.73. The predicted octanol–water partition coefficient (Wildman–Crippen LogP) is 8.78. The van der Waals surface area contributed by atoms with Crippen molar-refractivity contribution in [3.8, 4) is 50.8 Å². The van der Waals surface area contributed by atoms with E-state index in [0.29, 0.717) is 5.82 Å². The molecule has 7 aromatic carbocycles. The SMILES string of the molecule is c1ccc(-c2cc(-c3ccccc3)nc(-c3ccc4c(c3)c3c(n4-c4ccccc4)-c4ccccc4[Si]3(c3ccccc3)c3ccccc3)n2)cc1. The van der Waals surface area contributed by atoms with Gasteiger partial charge < -0.3 is 4.57 Å². The Kier molecular flexibility index (Phi) is 7.15. The Morgan fingerprint density at radius 1 is 0.423 bits per heavy atom. The summed E-state index contributed by atoms with van der Waals surface area (Å²) in [7, 11) is -2.81. The van der Waals surface area contributed by atoms with Gasteiger partial charge in [-0.2, -0.15) is 0 Å². The summed E-state index contributed by atoms with van der Waals surface area (Å²) >= 11 is 0. The van der Waals surface area contributed by atoms with Crippen LogP contribution in [-0.4, -0.2) is 22.6 Å². The fraction of sp³-hybridized carbons (Fsp3) is 0. The first-order valence-corrected chi connectivity index (χ1v) is 19.8. The third-order valence-corrected chi connectivity index (χ3v) is 15.4. The summed E-state index contributed by atoms with van der Waals surface area (Å²) < 4.78 is 2.49. The number of aromatic nitrogens is 3. The molecule has 244 valence electrons. The number of rotatable bonds is 6. The number of fused-ring (bicyclic) bond motifs is 5. The lowest BCUT2D eigenvalue weighted by molar-refractivity contribution is 1.14. The zero-order valence-electron chi connectivity index (χ0n) is 28.4. The van der Waals surface area contributed by atoms with Crippen molar-refractivity contribution in [1.82, 2.24) is 14.5 Å². The van der Waals surface area contributed by atoms with Crippen LogP contribution in [0.1, 0.15) is 0 Å². The molecule has 0 fully saturated rings. The average molecular weight is 680 g/mol. The highest BCUT2D eigenvalue weighted by Gasteiger charge is 2.51. The molecule has 3 nitrogen and oxygen atoms in total. The van der Waals surface area contributed by atoms with Gasteiger partial charge in [-0.1, -0.05) is 164 Å². The molecule has 3 heterocycles. The minimum Gasteiger partial charge on any atom is -0.309 e. The predicted molar refractivity (Wildman–Crippen MR) is 218 cm³/mol. The van der Waals surface area contributed by atoms with Crippen molar-refractivity contribution in [2.45, 2.75) is 0 Å². The molecule has 0 unspecified atom stereocenters. The van der Waals surface area contributed by atoms with Crippen LogP contribution in [0, 0.1) is 0 Å². The van der Waals surface area contributed by atoms with Crippen LogP contribution in [0.3, 0.4) is 0 Å². The second-order valence-electron chi connectivity index (χ2n) is 13.3. The van der Waals surface area contributed by atoms with Crippen molar-refractivity contribution in [2.75, 3.05) is 0 Å². The smallest absolute Gasteiger partial charge is 0.183 e. The Morgan fingerprint density at radius 3 is 1.50 bits per heavy atom. The van der Waals surface area contributed by atoms with E-state index in [9.17, 15) is 0 Å². The Hall–Kier alpha value is -6.62. The summed E-state index contributed by atoms with van der Waals surface area (Å²) in [6, 6.07) is 72.2. The molecule has 1 aliphatic rings. The van der Waals surface area contributed by atoms with Crippen LogP contribution >= 0.6 is 0 Å². The van der Waals surface area contributed by atoms with Crippen molar-refractivity contribution in [2.24, 2.45) is 0 Å². The maximum Gasteiger partial charge on any atom is 0.183 e. The van der Waals surface area contributed by atoms with E-state index in [1.807, 2.05) is 12.1 Å². The van der Waals surface area contributed by atoms with Crippen LogP contribution < -0.4 is 20.7 Å². The lowest BCUT2D eigenvalue weighted by Crippen LogP contribution is -2.72. The molecule has 0 atom stereocenters. The summed E-state index contributed by atoms with van der Waals surface area (Å²) in [5.74, 6) is 0.713. The van der Waals surface area contributed by atoms with Gasteiger partial charge in [-0.3, -0.25) is 0 Å². The van der Waals surface area contributed by atoms with Gasteiger partial charge >= 0.3 is 0 Å². The molecular weight excluding hydrogens is 647 g/mol. The van der Waals surface area contributed by atoms with Crippen LogP contribution in [0.4, 0.5) is 0 Å². The highest BCUT2D eigenvalue weighted by Crippen LogP contribution is 2.39. The molecule has 0 amide bonds. The van der Waals surface area contributed by atoms with E-state index in [1.54, 1.807) is 0 Å². The lowest BCUT2D eigenvalue weighted by Gasteiger charge is -2.31. The van der Waals surface area contributed by atoms with E-state index in [-0.39, 0.29) is 0 Å². The van der Waals surface area contributed by atoms with Gasteiger partial charge in [-0.15, -0.1) is 0 Å². The second kappa shape index (κ2) is 12.3. The lowest BCUT2D eigenvalue weighted by atomic mass is 10.1. The second-order valence-corrected chi connectivity index (χ2v) is 17.0. The van der Waals surface area contributed by atoms with E-state index in [2.05, 4.69) is 193 Å². The molecule has 0 bridgehead atoms.